The minimum atomic E-state index is -0.738. The van der Waals surface area contributed by atoms with E-state index in [4.69, 9.17) is 22.7 Å². The molecule has 172 valence electrons. The number of carbonyl (C=O) groups is 3. The molecule has 1 aromatic carbocycles. The first-order valence-corrected chi connectivity index (χ1v) is 12.5. The van der Waals surface area contributed by atoms with E-state index in [1.807, 2.05) is 6.07 Å². The molecule has 3 heterocycles. The molecule has 10 heteroatoms. The van der Waals surface area contributed by atoms with Gasteiger partial charge < -0.3 is 16.0 Å². The lowest BCUT2D eigenvalue weighted by Crippen LogP contribution is -2.47. The van der Waals surface area contributed by atoms with Crippen LogP contribution in [0.4, 0.5) is 9.80 Å². The molecule has 1 spiro atoms. The highest BCUT2D eigenvalue weighted by atomic mass is 35.5. The second kappa shape index (κ2) is 9.32. The molecule has 0 saturated carbocycles. The van der Waals surface area contributed by atoms with E-state index in [0.717, 1.165) is 4.90 Å². The van der Waals surface area contributed by atoms with E-state index in [9.17, 15) is 14.4 Å². The molecule has 1 aromatic heterocycles. The number of amides is 3. The van der Waals surface area contributed by atoms with Crippen molar-refractivity contribution in [2.75, 3.05) is 18.4 Å². The van der Waals surface area contributed by atoms with Gasteiger partial charge in [-0.2, -0.15) is 0 Å². The van der Waals surface area contributed by atoms with Crippen molar-refractivity contribution in [2.45, 2.75) is 35.8 Å². The van der Waals surface area contributed by atoms with Crippen LogP contribution in [0.5, 0.6) is 0 Å². The summed E-state index contributed by atoms with van der Waals surface area (Å²) in [6.45, 7) is 2.65. The van der Waals surface area contributed by atoms with Crippen molar-refractivity contribution < 1.29 is 14.4 Å². The van der Waals surface area contributed by atoms with E-state index >= 15 is 0 Å². The third-order valence-electron chi connectivity index (χ3n) is 5.80. The lowest BCUT2D eigenvalue weighted by Gasteiger charge is -2.43. The number of likely N-dealkylation sites (tertiary alicyclic amines) is 1. The quantitative estimate of drug-likeness (QED) is 0.492. The van der Waals surface area contributed by atoms with Gasteiger partial charge in [-0.05, 0) is 44.0 Å². The molecule has 33 heavy (non-hydrogen) atoms. The van der Waals surface area contributed by atoms with E-state index < -0.39 is 6.03 Å². The molecule has 3 amide bonds. The van der Waals surface area contributed by atoms with Crippen LogP contribution in [0.25, 0.3) is 6.08 Å². The van der Waals surface area contributed by atoms with Crippen LogP contribution in [-0.4, -0.2) is 46.2 Å². The zero-order chi connectivity index (χ0) is 23.8. The number of allylic oxidation sites excluding steroid dienone is 1. The lowest BCUT2D eigenvalue weighted by molar-refractivity contribution is 0.0697. The number of carbonyl (C=O) groups excluding carboxylic acids is 3. The Bertz CT molecular complexity index is 1180. The number of thioether (sulfide) groups is 1. The number of piperidine rings is 1. The fourth-order valence-electron chi connectivity index (χ4n) is 4.15. The Balaban J connectivity index is 1.54. The number of anilines is 1. The Morgan fingerprint density at radius 3 is 2.70 bits per heavy atom. The van der Waals surface area contributed by atoms with Gasteiger partial charge in [0, 0.05) is 56.4 Å². The zero-order valence-corrected chi connectivity index (χ0v) is 20.3. The number of benzene rings is 1. The van der Waals surface area contributed by atoms with Gasteiger partial charge in [0.2, 0.25) is 0 Å². The van der Waals surface area contributed by atoms with E-state index in [1.165, 1.54) is 11.3 Å². The lowest BCUT2D eigenvalue weighted by atomic mass is 9.87. The van der Waals surface area contributed by atoms with Crippen molar-refractivity contribution in [3.8, 4) is 0 Å². The van der Waals surface area contributed by atoms with Crippen LogP contribution < -0.4 is 11.1 Å². The monoisotopic (exact) mass is 502 g/mol. The first-order chi connectivity index (χ1) is 15.7. The fraction of sp³-hybridized carbons (Fsp3) is 0.304. The molecule has 2 aliphatic heterocycles. The summed E-state index contributed by atoms with van der Waals surface area (Å²) in [5.41, 5.74) is 7.33. The molecule has 1 fully saturated rings. The maximum atomic E-state index is 13.5. The first kappa shape index (κ1) is 23.5. The number of nitrogens with zero attached hydrogens (tertiary/aromatic N) is 1. The van der Waals surface area contributed by atoms with Crippen LogP contribution in [0, 0.1) is 5.41 Å². The topological polar surface area (TPSA) is 116 Å². The standard InChI is InChI=1S/C23H23ClN4O3S2/c1-13(25)2-3-14-12-32-20(27-22(26)31)19(14)21(30)28-8-6-23(7-9-28)11-17(29)16-10-15(24)4-5-18(16)33-23/h2-5,10,12,25H,6-9,11H2,1H3,(H3,26,27,31)/b3-2-,25-13?. The van der Waals surface area contributed by atoms with Crippen molar-refractivity contribution in [3.63, 3.8) is 0 Å². The summed E-state index contributed by atoms with van der Waals surface area (Å²) in [5.74, 6) is -0.109. The number of hydrogen-bond donors (Lipinski definition) is 3. The number of fused-ring (bicyclic) bond motifs is 1. The molecule has 0 atom stereocenters. The summed E-state index contributed by atoms with van der Waals surface area (Å²) in [7, 11) is 0. The highest BCUT2D eigenvalue weighted by molar-refractivity contribution is 8.01. The Kier molecular flexibility index (Phi) is 6.65. The molecule has 0 radical (unpaired) electrons. The molecular weight excluding hydrogens is 480 g/mol. The van der Waals surface area contributed by atoms with Crippen LogP contribution in [0.3, 0.4) is 0 Å². The minimum absolute atomic E-state index is 0.0891. The van der Waals surface area contributed by atoms with Gasteiger partial charge in [-0.3, -0.25) is 14.9 Å². The third kappa shape index (κ3) is 5.00. The van der Waals surface area contributed by atoms with Crippen LogP contribution in [0.15, 0.2) is 34.6 Å². The summed E-state index contributed by atoms with van der Waals surface area (Å²) in [6, 6.07) is 4.69. The Morgan fingerprint density at radius 2 is 2.03 bits per heavy atom. The molecule has 1 saturated heterocycles. The van der Waals surface area contributed by atoms with Gasteiger partial charge in [-0.25, -0.2) is 4.79 Å². The van der Waals surface area contributed by atoms with Crippen molar-refractivity contribution in [1.29, 1.82) is 5.41 Å². The Hall–Kier alpha value is -2.62. The zero-order valence-electron chi connectivity index (χ0n) is 17.9. The van der Waals surface area contributed by atoms with E-state index in [2.05, 4.69) is 5.32 Å². The molecule has 7 nitrogen and oxygen atoms in total. The summed E-state index contributed by atoms with van der Waals surface area (Å²) in [6.07, 6.45) is 5.09. The summed E-state index contributed by atoms with van der Waals surface area (Å²) in [4.78, 5) is 40.4. The number of thiophene rings is 1. The van der Waals surface area contributed by atoms with Gasteiger partial charge in [-0.1, -0.05) is 17.7 Å². The number of primary amides is 1. The SMILES string of the molecule is CC(=N)/C=C\c1csc(NC(N)=O)c1C(=O)N1CCC2(CC1)CC(=O)c1cc(Cl)ccc1S2. The van der Waals surface area contributed by atoms with Crippen molar-refractivity contribution in [1.82, 2.24) is 4.90 Å². The van der Waals surface area contributed by atoms with Crippen LogP contribution >= 0.6 is 34.7 Å². The van der Waals surface area contributed by atoms with Gasteiger partial charge in [0.1, 0.15) is 5.00 Å². The summed E-state index contributed by atoms with van der Waals surface area (Å²) >= 11 is 8.99. The van der Waals surface area contributed by atoms with Crippen molar-refractivity contribution in [2.24, 2.45) is 5.73 Å². The highest BCUT2D eigenvalue weighted by Gasteiger charge is 2.43. The fourth-order valence-corrected chi connectivity index (χ4v) is 6.72. The van der Waals surface area contributed by atoms with Crippen molar-refractivity contribution in [3.05, 3.63) is 51.4 Å². The van der Waals surface area contributed by atoms with E-state index in [0.29, 0.717) is 64.8 Å². The molecule has 4 N–H and O–H groups in total. The van der Waals surface area contributed by atoms with Gasteiger partial charge in [0.25, 0.3) is 5.91 Å². The maximum Gasteiger partial charge on any atom is 0.317 e. The number of ketones is 1. The Morgan fingerprint density at radius 1 is 1.30 bits per heavy atom. The number of urea groups is 1. The van der Waals surface area contributed by atoms with Crippen LogP contribution in [-0.2, 0) is 0 Å². The second-order valence-corrected chi connectivity index (χ2v) is 11.0. The van der Waals surface area contributed by atoms with Crippen LogP contribution in [0.2, 0.25) is 5.02 Å². The molecule has 2 aliphatic rings. The predicted octanol–water partition coefficient (Wildman–Crippen LogP) is 5.30. The number of nitrogens with one attached hydrogen (secondary N) is 2. The number of halogens is 1. The Labute approximate surface area is 204 Å². The van der Waals surface area contributed by atoms with Gasteiger partial charge >= 0.3 is 6.03 Å². The molecule has 0 aliphatic carbocycles. The predicted molar refractivity (Wildman–Crippen MR) is 134 cm³/mol. The van der Waals surface area contributed by atoms with Gasteiger partial charge in [-0.15, -0.1) is 23.1 Å². The maximum absolute atomic E-state index is 13.5. The molecule has 2 aromatic rings. The van der Waals surface area contributed by atoms with Crippen LogP contribution in [0.1, 0.15) is 52.5 Å². The third-order valence-corrected chi connectivity index (χ3v) is 8.51. The largest absolute Gasteiger partial charge is 0.351 e. The van der Waals surface area contributed by atoms with Crippen molar-refractivity contribution >= 4 is 69.2 Å². The van der Waals surface area contributed by atoms with Gasteiger partial charge in [0.05, 0.1) is 5.56 Å². The molecule has 0 bridgehead atoms. The normalized spacial score (nSPS) is 17.3. The summed E-state index contributed by atoms with van der Waals surface area (Å²) < 4.78 is -0.238. The number of hydrogen-bond acceptors (Lipinski definition) is 6. The number of rotatable bonds is 4. The smallest absolute Gasteiger partial charge is 0.317 e. The van der Waals surface area contributed by atoms with Gasteiger partial charge in [0.15, 0.2) is 5.78 Å². The average molecular weight is 503 g/mol. The molecular formula is C23H23ClN4O3S2. The highest BCUT2D eigenvalue weighted by Crippen LogP contribution is 2.49. The number of Topliss-reactive ketones (excluding diaryl/α,β-unsaturated/α-hetero) is 1. The second-order valence-electron chi connectivity index (χ2n) is 8.22. The molecule has 4 rings (SSSR count). The average Bonchev–Trinajstić information content (AvgIpc) is 3.14. The molecule has 0 unspecified atom stereocenters. The first-order valence-electron chi connectivity index (χ1n) is 10.4. The van der Waals surface area contributed by atoms with E-state index in [-0.39, 0.29) is 16.4 Å². The number of nitrogens with two attached hydrogens (primary N) is 1. The minimum Gasteiger partial charge on any atom is -0.351 e. The van der Waals surface area contributed by atoms with E-state index in [1.54, 1.807) is 53.3 Å². The summed E-state index contributed by atoms with van der Waals surface area (Å²) in [5, 5.41) is 12.9.